The van der Waals surface area contributed by atoms with Gasteiger partial charge in [-0.1, -0.05) is 11.2 Å². The Balaban J connectivity index is 3.28. The van der Waals surface area contributed by atoms with Crippen LogP contribution >= 0.6 is 0 Å². The highest BCUT2D eigenvalue weighted by atomic mass is 16.7. The van der Waals surface area contributed by atoms with Gasteiger partial charge in [-0.2, -0.15) is 0 Å². The SMILES string of the molecule is C=CC[C@]1(O)O[C@@H](C)[C@@H](OC(C)=O)[C@@H](OC(C)=O)[C@@H]1N=[N+]=[N-]. The van der Waals surface area contributed by atoms with Crippen LogP contribution < -0.4 is 0 Å². The average molecular weight is 313 g/mol. The first kappa shape index (κ1) is 18.0. The molecule has 0 aromatic heterocycles. The lowest BCUT2D eigenvalue weighted by Crippen LogP contribution is -2.64. The quantitative estimate of drug-likeness (QED) is 0.267. The van der Waals surface area contributed by atoms with E-state index in [2.05, 4.69) is 16.6 Å². The van der Waals surface area contributed by atoms with E-state index in [9.17, 15) is 14.7 Å². The van der Waals surface area contributed by atoms with Gasteiger partial charge in [-0.3, -0.25) is 9.59 Å². The Morgan fingerprint density at radius 3 is 2.41 bits per heavy atom. The lowest BCUT2D eigenvalue weighted by atomic mass is 9.89. The number of hydrogen-bond donors (Lipinski definition) is 1. The first-order valence-corrected chi connectivity index (χ1v) is 6.65. The van der Waals surface area contributed by atoms with Crippen molar-refractivity contribution in [3.8, 4) is 0 Å². The van der Waals surface area contributed by atoms with Crippen molar-refractivity contribution >= 4 is 11.9 Å². The molecule has 1 saturated heterocycles. The lowest BCUT2D eigenvalue weighted by molar-refractivity contribution is -0.307. The molecule has 0 radical (unpaired) electrons. The number of rotatable bonds is 5. The van der Waals surface area contributed by atoms with E-state index >= 15 is 0 Å². The molecule has 22 heavy (non-hydrogen) atoms. The lowest BCUT2D eigenvalue weighted by Gasteiger charge is -2.47. The number of carbonyl (C=O) groups is 2. The van der Waals surface area contributed by atoms with Gasteiger partial charge in [-0.25, -0.2) is 0 Å². The summed E-state index contributed by atoms with van der Waals surface area (Å²) in [6, 6.07) is -1.29. The molecule has 1 heterocycles. The number of ether oxygens (including phenoxy) is 3. The first-order chi connectivity index (χ1) is 10.2. The molecule has 0 aliphatic carbocycles. The van der Waals surface area contributed by atoms with Crippen LogP contribution in [-0.2, 0) is 23.8 Å². The zero-order valence-corrected chi connectivity index (χ0v) is 12.6. The van der Waals surface area contributed by atoms with Gasteiger partial charge in [0.15, 0.2) is 18.0 Å². The van der Waals surface area contributed by atoms with Crippen LogP contribution in [0.5, 0.6) is 0 Å². The Hall–Kier alpha value is -2.09. The van der Waals surface area contributed by atoms with Crippen LogP contribution in [0.2, 0.25) is 0 Å². The Kier molecular flexibility index (Phi) is 5.92. The molecule has 0 aromatic rings. The molecular weight excluding hydrogens is 294 g/mol. The molecule has 9 heteroatoms. The van der Waals surface area contributed by atoms with Gasteiger partial charge < -0.3 is 19.3 Å². The molecule has 1 rings (SSSR count). The maximum Gasteiger partial charge on any atom is 0.303 e. The van der Waals surface area contributed by atoms with Gasteiger partial charge in [-0.05, 0) is 12.5 Å². The van der Waals surface area contributed by atoms with Crippen molar-refractivity contribution in [1.82, 2.24) is 0 Å². The number of azide groups is 1. The fraction of sp³-hybridized carbons (Fsp3) is 0.692. The minimum atomic E-state index is -1.91. The van der Waals surface area contributed by atoms with Crippen molar-refractivity contribution in [2.45, 2.75) is 57.3 Å². The van der Waals surface area contributed by atoms with Crippen LogP contribution in [0.1, 0.15) is 27.2 Å². The highest BCUT2D eigenvalue weighted by Crippen LogP contribution is 2.36. The number of nitrogens with zero attached hydrogens (tertiary/aromatic N) is 3. The highest BCUT2D eigenvalue weighted by molar-refractivity contribution is 5.67. The topological polar surface area (TPSA) is 131 Å². The van der Waals surface area contributed by atoms with Crippen LogP contribution in [0.4, 0.5) is 0 Å². The van der Waals surface area contributed by atoms with Gasteiger partial charge in [0.1, 0.15) is 6.04 Å². The number of aliphatic hydroxyl groups is 1. The van der Waals surface area contributed by atoms with Gasteiger partial charge in [-0.15, -0.1) is 6.58 Å². The largest absolute Gasteiger partial charge is 0.458 e. The summed E-state index contributed by atoms with van der Waals surface area (Å²) >= 11 is 0. The predicted octanol–water partition coefficient (Wildman–Crippen LogP) is 1.21. The normalized spacial score (nSPS) is 34.2. The van der Waals surface area contributed by atoms with E-state index in [1.165, 1.54) is 13.0 Å². The van der Waals surface area contributed by atoms with E-state index in [4.69, 9.17) is 19.7 Å². The van der Waals surface area contributed by atoms with Crippen LogP contribution in [0.15, 0.2) is 17.8 Å². The van der Waals surface area contributed by atoms with Gasteiger partial charge in [0.05, 0.1) is 6.10 Å². The van der Waals surface area contributed by atoms with Gasteiger partial charge in [0, 0.05) is 25.2 Å². The minimum Gasteiger partial charge on any atom is -0.458 e. The summed E-state index contributed by atoms with van der Waals surface area (Å²) < 4.78 is 15.7. The second-order valence-corrected chi connectivity index (χ2v) is 4.96. The smallest absolute Gasteiger partial charge is 0.303 e. The van der Waals surface area contributed by atoms with E-state index in [0.29, 0.717) is 0 Å². The molecule has 0 aromatic carbocycles. The molecule has 0 bridgehead atoms. The van der Waals surface area contributed by atoms with Gasteiger partial charge >= 0.3 is 11.9 Å². The molecule has 5 atom stereocenters. The maximum absolute atomic E-state index is 11.3. The summed E-state index contributed by atoms with van der Waals surface area (Å²) in [5, 5.41) is 14.0. The van der Waals surface area contributed by atoms with Crippen molar-refractivity contribution in [3.05, 3.63) is 23.1 Å². The number of hydrogen-bond acceptors (Lipinski definition) is 7. The molecule has 1 aliphatic rings. The van der Waals surface area contributed by atoms with E-state index < -0.39 is 42.1 Å². The number of esters is 2. The Morgan fingerprint density at radius 2 is 1.95 bits per heavy atom. The van der Waals surface area contributed by atoms with E-state index in [1.54, 1.807) is 6.92 Å². The van der Waals surface area contributed by atoms with E-state index in [-0.39, 0.29) is 6.42 Å². The third kappa shape index (κ3) is 3.97. The fourth-order valence-corrected chi connectivity index (χ4v) is 2.43. The summed E-state index contributed by atoms with van der Waals surface area (Å²) in [5.74, 6) is -3.20. The number of carbonyl (C=O) groups excluding carboxylic acids is 2. The molecule has 0 saturated carbocycles. The summed E-state index contributed by atoms with van der Waals surface area (Å²) in [6.45, 7) is 7.39. The Bertz CT molecular complexity index is 504. The van der Waals surface area contributed by atoms with Crippen molar-refractivity contribution in [3.63, 3.8) is 0 Å². The van der Waals surface area contributed by atoms with Crippen LogP contribution in [0.3, 0.4) is 0 Å². The summed E-state index contributed by atoms with van der Waals surface area (Å²) in [4.78, 5) is 25.2. The zero-order valence-electron chi connectivity index (χ0n) is 12.6. The Morgan fingerprint density at radius 1 is 1.41 bits per heavy atom. The molecule has 0 amide bonds. The second kappa shape index (κ2) is 7.26. The van der Waals surface area contributed by atoms with Gasteiger partial charge in [0.2, 0.25) is 0 Å². The maximum atomic E-state index is 11.3. The minimum absolute atomic E-state index is 0.0639. The van der Waals surface area contributed by atoms with E-state index in [0.717, 1.165) is 6.92 Å². The third-order valence-electron chi connectivity index (χ3n) is 3.17. The molecule has 1 aliphatic heterocycles. The van der Waals surface area contributed by atoms with Crippen molar-refractivity contribution in [2.75, 3.05) is 0 Å². The zero-order chi connectivity index (χ0) is 16.9. The first-order valence-electron chi connectivity index (χ1n) is 6.65. The van der Waals surface area contributed by atoms with Crippen LogP contribution in [0.25, 0.3) is 10.4 Å². The second-order valence-electron chi connectivity index (χ2n) is 4.96. The molecular formula is C13H19N3O6. The van der Waals surface area contributed by atoms with Gasteiger partial charge in [0.25, 0.3) is 0 Å². The van der Waals surface area contributed by atoms with Crippen molar-refractivity contribution < 1.29 is 28.9 Å². The Labute approximate surface area is 127 Å². The standard InChI is InChI=1S/C13H19N3O6/c1-5-6-13(19)12(15-16-14)11(21-9(4)18)10(7(2)22-13)20-8(3)17/h5,7,10-12,19H,1,6H2,2-4H3/t7-,10+,11+,12-,13-/m0/s1. The fourth-order valence-electron chi connectivity index (χ4n) is 2.43. The van der Waals surface area contributed by atoms with Crippen molar-refractivity contribution in [1.29, 1.82) is 0 Å². The predicted molar refractivity (Wildman–Crippen MR) is 74.4 cm³/mol. The van der Waals surface area contributed by atoms with E-state index in [1.807, 2.05) is 0 Å². The molecule has 122 valence electrons. The molecule has 0 spiro atoms. The van der Waals surface area contributed by atoms with Crippen molar-refractivity contribution in [2.24, 2.45) is 5.11 Å². The average Bonchev–Trinajstić information content (AvgIpc) is 2.38. The molecule has 0 unspecified atom stereocenters. The molecule has 1 fully saturated rings. The molecule has 9 nitrogen and oxygen atoms in total. The third-order valence-corrected chi connectivity index (χ3v) is 3.17. The summed E-state index contributed by atoms with van der Waals surface area (Å²) in [7, 11) is 0. The monoisotopic (exact) mass is 313 g/mol. The van der Waals surface area contributed by atoms with Crippen LogP contribution in [-0.4, -0.2) is 47.2 Å². The molecule has 1 N–H and O–H groups in total. The highest BCUT2D eigenvalue weighted by Gasteiger charge is 2.55. The summed E-state index contributed by atoms with van der Waals surface area (Å²) in [6.07, 6.45) is -1.66. The van der Waals surface area contributed by atoms with Crippen LogP contribution in [0, 0.1) is 0 Å². The summed E-state index contributed by atoms with van der Waals surface area (Å²) in [5.41, 5.74) is 8.72.